The van der Waals surface area contributed by atoms with Crippen molar-refractivity contribution < 1.29 is 0 Å². The van der Waals surface area contributed by atoms with Gasteiger partial charge in [-0.1, -0.05) is 51.8 Å². The third kappa shape index (κ3) is 5.44. The first-order valence-corrected chi connectivity index (χ1v) is 8.16. The van der Waals surface area contributed by atoms with Crippen LogP contribution >= 0.6 is 27.5 Å². The van der Waals surface area contributed by atoms with Crippen molar-refractivity contribution in [1.29, 1.82) is 0 Å². The highest BCUT2D eigenvalue weighted by Crippen LogP contribution is 2.19. The molecule has 0 aliphatic heterocycles. The molecule has 0 amide bonds. The zero-order chi connectivity index (χ0) is 15.2. The molecule has 2 aromatic rings. The lowest BCUT2D eigenvalue weighted by Crippen LogP contribution is -2.23. The van der Waals surface area contributed by atoms with Crippen LogP contribution in [0, 0.1) is 0 Å². The number of benzene rings is 2. The summed E-state index contributed by atoms with van der Waals surface area (Å²) < 4.78 is 1.07. The zero-order valence-electron chi connectivity index (χ0n) is 12.1. The maximum absolute atomic E-state index is 6.26. The number of nitrogens with zero attached hydrogens (tertiary/aromatic N) is 1. The molecule has 21 heavy (non-hydrogen) atoms. The largest absolute Gasteiger partial charge is 0.324 e. The first-order valence-electron chi connectivity index (χ1n) is 6.98. The molecule has 0 aromatic heterocycles. The molecule has 2 rings (SSSR count). The quantitative estimate of drug-likeness (QED) is 0.807. The van der Waals surface area contributed by atoms with Crippen molar-refractivity contribution in [3.8, 4) is 0 Å². The maximum atomic E-state index is 6.26. The van der Waals surface area contributed by atoms with E-state index in [1.54, 1.807) is 0 Å². The monoisotopic (exact) mass is 366 g/mol. The van der Waals surface area contributed by atoms with E-state index >= 15 is 0 Å². The fourth-order valence-corrected chi connectivity index (χ4v) is 2.79. The highest BCUT2D eigenvalue weighted by molar-refractivity contribution is 9.10. The SMILES string of the molecule is CN(CCC(N)c1cccc(Br)c1)Cc1ccc(Cl)cc1. The molecule has 0 saturated carbocycles. The van der Waals surface area contributed by atoms with Gasteiger partial charge in [0.05, 0.1) is 0 Å². The molecule has 0 fully saturated rings. The second-order valence-electron chi connectivity index (χ2n) is 5.31. The van der Waals surface area contributed by atoms with Crippen LogP contribution in [0.15, 0.2) is 53.0 Å². The van der Waals surface area contributed by atoms with Gasteiger partial charge in [0.1, 0.15) is 0 Å². The van der Waals surface area contributed by atoms with Crippen LogP contribution in [0.4, 0.5) is 0 Å². The molecule has 0 aliphatic rings. The Kier molecular flexibility index (Phi) is 6.24. The molecule has 0 saturated heterocycles. The van der Waals surface area contributed by atoms with Gasteiger partial charge in [-0.05, 0) is 55.4 Å². The topological polar surface area (TPSA) is 29.3 Å². The molecule has 2 nitrogen and oxygen atoms in total. The number of rotatable bonds is 6. The Morgan fingerprint density at radius 2 is 1.90 bits per heavy atom. The van der Waals surface area contributed by atoms with Gasteiger partial charge in [-0.15, -0.1) is 0 Å². The van der Waals surface area contributed by atoms with Crippen molar-refractivity contribution >= 4 is 27.5 Å². The minimum atomic E-state index is 0.0650. The van der Waals surface area contributed by atoms with E-state index in [0.717, 1.165) is 29.0 Å². The van der Waals surface area contributed by atoms with Gasteiger partial charge in [0.2, 0.25) is 0 Å². The van der Waals surface area contributed by atoms with Crippen molar-refractivity contribution in [2.75, 3.05) is 13.6 Å². The van der Waals surface area contributed by atoms with Crippen LogP contribution in [-0.2, 0) is 6.54 Å². The molecule has 2 aromatic carbocycles. The lowest BCUT2D eigenvalue weighted by Gasteiger charge is -2.20. The molecule has 1 unspecified atom stereocenters. The molecule has 0 radical (unpaired) electrons. The molecule has 112 valence electrons. The standard InChI is InChI=1S/C17H20BrClN2/c1-21(12-13-5-7-16(19)8-6-13)10-9-17(20)14-3-2-4-15(18)11-14/h2-8,11,17H,9-10,12,20H2,1H3. The number of hydrogen-bond acceptors (Lipinski definition) is 2. The first kappa shape index (κ1) is 16.5. The highest BCUT2D eigenvalue weighted by atomic mass is 79.9. The Balaban J connectivity index is 1.83. The Hall–Kier alpha value is -0.870. The fraction of sp³-hybridized carbons (Fsp3) is 0.294. The van der Waals surface area contributed by atoms with Crippen molar-refractivity contribution in [1.82, 2.24) is 4.90 Å². The summed E-state index contributed by atoms with van der Waals surface area (Å²) in [5, 5.41) is 0.776. The molecule has 1 atom stereocenters. The van der Waals surface area contributed by atoms with E-state index in [0.29, 0.717) is 0 Å². The van der Waals surface area contributed by atoms with E-state index in [4.69, 9.17) is 17.3 Å². The molecule has 2 N–H and O–H groups in total. The van der Waals surface area contributed by atoms with Gasteiger partial charge in [0, 0.05) is 22.1 Å². The summed E-state index contributed by atoms with van der Waals surface area (Å²) in [4.78, 5) is 2.28. The summed E-state index contributed by atoms with van der Waals surface area (Å²) in [7, 11) is 2.11. The van der Waals surface area contributed by atoms with E-state index in [9.17, 15) is 0 Å². The minimum Gasteiger partial charge on any atom is -0.324 e. The van der Waals surface area contributed by atoms with Crippen LogP contribution in [0.25, 0.3) is 0 Å². The molecule has 4 heteroatoms. The summed E-state index contributed by atoms with van der Waals surface area (Å²) in [6, 6.07) is 16.3. The van der Waals surface area contributed by atoms with Gasteiger partial charge >= 0.3 is 0 Å². The summed E-state index contributed by atoms with van der Waals surface area (Å²) in [6.07, 6.45) is 0.931. The molecular weight excluding hydrogens is 348 g/mol. The van der Waals surface area contributed by atoms with E-state index in [2.05, 4.69) is 52.1 Å². The summed E-state index contributed by atoms with van der Waals surface area (Å²) in [6.45, 7) is 1.86. The Morgan fingerprint density at radius 3 is 2.57 bits per heavy atom. The van der Waals surface area contributed by atoms with E-state index in [1.165, 1.54) is 11.1 Å². The molecule has 0 heterocycles. The van der Waals surface area contributed by atoms with Crippen molar-refractivity contribution in [3.05, 3.63) is 69.2 Å². The van der Waals surface area contributed by atoms with Crippen LogP contribution in [0.5, 0.6) is 0 Å². The van der Waals surface area contributed by atoms with E-state index < -0.39 is 0 Å². The van der Waals surface area contributed by atoms with Crippen molar-refractivity contribution in [2.24, 2.45) is 5.73 Å². The van der Waals surface area contributed by atoms with Gasteiger partial charge in [0.15, 0.2) is 0 Å². The fourth-order valence-electron chi connectivity index (χ4n) is 2.24. The third-order valence-corrected chi connectivity index (χ3v) is 4.21. The number of nitrogens with two attached hydrogens (primary N) is 1. The van der Waals surface area contributed by atoms with Crippen LogP contribution in [-0.4, -0.2) is 18.5 Å². The van der Waals surface area contributed by atoms with Crippen LogP contribution in [0.3, 0.4) is 0 Å². The normalized spacial score (nSPS) is 12.6. The number of hydrogen-bond donors (Lipinski definition) is 1. The minimum absolute atomic E-state index is 0.0650. The van der Waals surface area contributed by atoms with E-state index in [1.807, 2.05) is 24.3 Å². The highest BCUT2D eigenvalue weighted by Gasteiger charge is 2.08. The number of halogens is 2. The molecule has 0 spiro atoms. The lowest BCUT2D eigenvalue weighted by atomic mass is 10.0. The summed E-state index contributed by atoms with van der Waals surface area (Å²) in [5.74, 6) is 0. The molecular formula is C17H20BrClN2. The summed E-state index contributed by atoms with van der Waals surface area (Å²) >= 11 is 9.38. The second kappa shape index (κ2) is 7.95. The third-order valence-electron chi connectivity index (χ3n) is 3.46. The second-order valence-corrected chi connectivity index (χ2v) is 6.67. The average molecular weight is 368 g/mol. The van der Waals surface area contributed by atoms with Crippen molar-refractivity contribution in [3.63, 3.8) is 0 Å². The predicted molar refractivity (Wildman–Crippen MR) is 93.5 cm³/mol. The Morgan fingerprint density at radius 1 is 1.19 bits per heavy atom. The zero-order valence-corrected chi connectivity index (χ0v) is 14.4. The van der Waals surface area contributed by atoms with E-state index in [-0.39, 0.29) is 6.04 Å². The lowest BCUT2D eigenvalue weighted by molar-refractivity contribution is 0.311. The van der Waals surface area contributed by atoms with Gasteiger partial charge in [0.25, 0.3) is 0 Å². The Labute approximate surface area is 140 Å². The van der Waals surface area contributed by atoms with Gasteiger partial charge in [-0.25, -0.2) is 0 Å². The average Bonchev–Trinajstić information content (AvgIpc) is 2.47. The maximum Gasteiger partial charge on any atom is 0.0406 e. The predicted octanol–water partition coefficient (Wildman–Crippen LogP) is 4.62. The smallest absolute Gasteiger partial charge is 0.0406 e. The van der Waals surface area contributed by atoms with Crippen LogP contribution in [0.1, 0.15) is 23.6 Å². The van der Waals surface area contributed by atoms with Gasteiger partial charge < -0.3 is 10.6 Å². The Bertz CT molecular complexity index is 571. The molecule has 0 aliphatic carbocycles. The van der Waals surface area contributed by atoms with Crippen LogP contribution in [0.2, 0.25) is 5.02 Å². The first-order chi connectivity index (χ1) is 10.0. The van der Waals surface area contributed by atoms with Gasteiger partial charge in [-0.3, -0.25) is 0 Å². The van der Waals surface area contributed by atoms with Crippen LogP contribution < -0.4 is 5.73 Å². The summed E-state index contributed by atoms with van der Waals surface area (Å²) in [5.41, 5.74) is 8.69. The van der Waals surface area contributed by atoms with Crippen molar-refractivity contribution in [2.45, 2.75) is 19.0 Å². The van der Waals surface area contributed by atoms with Gasteiger partial charge in [-0.2, -0.15) is 0 Å². The molecule has 0 bridgehead atoms.